The Bertz CT molecular complexity index is 827. The number of allylic oxidation sites excluding steroid dienone is 1. The van der Waals surface area contributed by atoms with Crippen molar-refractivity contribution in [2.75, 3.05) is 0 Å². The van der Waals surface area contributed by atoms with Crippen LogP contribution in [0.5, 0.6) is 0 Å². The van der Waals surface area contributed by atoms with Gasteiger partial charge in [0.1, 0.15) is 11.6 Å². The van der Waals surface area contributed by atoms with Gasteiger partial charge in [-0.1, -0.05) is 29.5 Å². The maximum Gasteiger partial charge on any atom is 0.142 e. The van der Waals surface area contributed by atoms with Gasteiger partial charge in [0.05, 0.1) is 5.56 Å². The molecule has 2 aromatic carbocycles. The van der Waals surface area contributed by atoms with Gasteiger partial charge < -0.3 is 0 Å². The molecule has 2 aromatic rings. The summed E-state index contributed by atoms with van der Waals surface area (Å²) in [6.45, 7) is 3.87. The molecular weight excluding hydrogens is 362 g/mol. The fourth-order valence-corrected chi connectivity index (χ4v) is 3.77. The van der Waals surface area contributed by atoms with Crippen molar-refractivity contribution in [2.45, 2.75) is 38.5 Å². The van der Waals surface area contributed by atoms with Gasteiger partial charge >= 0.3 is 0 Å². The van der Waals surface area contributed by atoms with Gasteiger partial charge in [-0.05, 0) is 92.3 Å². The van der Waals surface area contributed by atoms with Crippen molar-refractivity contribution in [3.63, 3.8) is 0 Å². The van der Waals surface area contributed by atoms with Crippen LogP contribution in [0.2, 0.25) is 5.02 Å². The minimum Gasteiger partial charge on any atom is -0.206 e. The first-order valence-corrected chi connectivity index (χ1v) is 9.81. The van der Waals surface area contributed by atoms with Crippen molar-refractivity contribution in [3.8, 4) is 11.8 Å². The Morgan fingerprint density at radius 2 is 1.63 bits per heavy atom. The Labute approximate surface area is 165 Å². The molecule has 0 N–H and O–H groups in total. The summed E-state index contributed by atoms with van der Waals surface area (Å²) in [5.74, 6) is 5.47. The maximum absolute atomic E-state index is 14.4. The summed E-state index contributed by atoms with van der Waals surface area (Å²) in [5.41, 5.74) is 1.19. The van der Waals surface area contributed by atoms with E-state index >= 15 is 0 Å². The fraction of sp³-hybridized carbons (Fsp3) is 0.333. The molecule has 3 heteroatoms. The van der Waals surface area contributed by atoms with Crippen LogP contribution < -0.4 is 0 Å². The number of halogens is 3. The first-order chi connectivity index (χ1) is 13.0. The molecule has 0 aliphatic heterocycles. The molecule has 0 radical (unpaired) electrons. The lowest BCUT2D eigenvalue weighted by Crippen LogP contribution is -2.13. The molecule has 0 amide bonds. The molecule has 1 fully saturated rings. The van der Waals surface area contributed by atoms with Crippen LogP contribution in [-0.4, -0.2) is 0 Å². The van der Waals surface area contributed by atoms with Crippen molar-refractivity contribution >= 4 is 11.6 Å². The highest BCUT2D eigenvalue weighted by atomic mass is 35.5. The van der Waals surface area contributed by atoms with Crippen LogP contribution in [0, 0.1) is 35.3 Å². The zero-order chi connectivity index (χ0) is 19.2. The number of benzene rings is 2. The molecule has 1 saturated carbocycles. The first-order valence-electron chi connectivity index (χ1n) is 9.43. The van der Waals surface area contributed by atoms with Gasteiger partial charge in [0.15, 0.2) is 0 Å². The van der Waals surface area contributed by atoms with Crippen molar-refractivity contribution in [3.05, 3.63) is 82.4 Å². The molecule has 0 spiro atoms. The van der Waals surface area contributed by atoms with Crippen LogP contribution in [0.15, 0.2) is 49.1 Å². The third-order valence-corrected chi connectivity index (χ3v) is 5.60. The van der Waals surface area contributed by atoms with Crippen LogP contribution in [0.25, 0.3) is 0 Å². The van der Waals surface area contributed by atoms with Crippen molar-refractivity contribution in [2.24, 2.45) is 11.8 Å². The molecule has 0 heterocycles. The second-order valence-electron chi connectivity index (χ2n) is 7.25. The van der Waals surface area contributed by atoms with Crippen LogP contribution in [0.3, 0.4) is 0 Å². The van der Waals surface area contributed by atoms with Gasteiger partial charge in [-0.3, -0.25) is 0 Å². The molecule has 0 atom stereocenters. The van der Waals surface area contributed by atoms with Gasteiger partial charge in [0.25, 0.3) is 0 Å². The minimum atomic E-state index is -0.596. The lowest BCUT2D eigenvalue weighted by Gasteiger charge is -2.26. The van der Waals surface area contributed by atoms with Crippen LogP contribution in [0.1, 0.15) is 48.8 Å². The Morgan fingerprint density at radius 3 is 2.22 bits per heavy atom. The summed E-state index contributed by atoms with van der Waals surface area (Å²) < 4.78 is 28.7. The average Bonchev–Trinajstić information content (AvgIpc) is 2.67. The van der Waals surface area contributed by atoms with E-state index in [4.69, 9.17) is 11.6 Å². The highest BCUT2D eigenvalue weighted by Crippen LogP contribution is 2.32. The lowest BCUT2D eigenvalue weighted by molar-refractivity contribution is 0.296. The van der Waals surface area contributed by atoms with E-state index in [0.29, 0.717) is 34.4 Å². The standard InChI is InChI=1S/C24H23ClF2/c1-2-17-3-5-18(6-4-17)7-8-20-15-23(26)22(24(27)16-20)14-11-19-9-12-21(25)13-10-19/h2,9-10,12-13,15-18H,1,3-8H2/t17-,18-. The largest absolute Gasteiger partial charge is 0.206 e. The SMILES string of the molecule is C=C[C@H]1CC[C@H](CCc2cc(F)c(C#Cc3ccc(Cl)cc3)c(F)c2)CC1. The monoisotopic (exact) mass is 384 g/mol. The Hall–Kier alpha value is -2.11. The van der Waals surface area contributed by atoms with Gasteiger partial charge in [-0.15, -0.1) is 6.58 Å². The van der Waals surface area contributed by atoms with Gasteiger partial charge in [-0.25, -0.2) is 8.78 Å². The Kier molecular flexibility index (Phi) is 6.69. The summed E-state index contributed by atoms with van der Waals surface area (Å²) in [4.78, 5) is 0. The van der Waals surface area contributed by atoms with Crippen molar-refractivity contribution < 1.29 is 8.78 Å². The van der Waals surface area contributed by atoms with Crippen LogP contribution in [-0.2, 0) is 6.42 Å². The third-order valence-electron chi connectivity index (χ3n) is 5.34. The van der Waals surface area contributed by atoms with Crippen molar-refractivity contribution in [1.29, 1.82) is 0 Å². The molecule has 1 aliphatic rings. The molecule has 27 heavy (non-hydrogen) atoms. The van der Waals surface area contributed by atoms with E-state index in [1.54, 1.807) is 24.3 Å². The highest BCUT2D eigenvalue weighted by Gasteiger charge is 2.19. The summed E-state index contributed by atoms with van der Waals surface area (Å²) in [7, 11) is 0. The van der Waals surface area contributed by atoms with E-state index in [1.807, 2.05) is 6.08 Å². The van der Waals surface area contributed by atoms with Gasteiger partial charge in [0, 0.05) is 10.6 Å². The van der Waals surface area contributed by atoms with E-state index in [2.05, 4.69) is 18.4 Å². The van der Waals surface area contributed by atoms with E-state index in [-0.39, 0.29) is 5.56 Å². The molecule has 0 saturated heterocycles. The molecule has 0 bridgehead atoms. The molecule has 0 aromatic heterocycles. The number of aryl methyl sites for hydroxylation is 1. The molecular formula is C24H23ClF2. The number of rotatable bonds is 4. The zero-order valence-corrected chi connectivity index (χ0v) is 16.0. The van der Waals surface area contributed by atoms with E-state index in [1.165, 1.54) is 37.8 Å². The van der Waals surface area contributed by atoms with Crippen LogP contribution >= 0.6 is 11.6 Å². The topological polar surface area (TPSA) is 0 Å². The Morgan fingerprint density at radius 1 is 1.00 bits per heavy atom. The van der Waals surface area contributed by atoms with E-state index in [9.17, 15) is 8.78 Å². The predicted molar refractivity (Wildman–Crippen MR) is 108 cm³/mol. The normalized spacial score (nSPS) is 19.2. The summed E-state index contributed by atoms with van der Waals surface area (Å²) in [5, 5.41) is 0.597. The highest BCUT2D eigenvalue weighted by molar-refractivity contribution is 6.30. The van der Waals surface area contributed by atoms with Crippen molar-refractivity contribution in [1.82, 2.24) is 0 Å². The van der Waals surface area contributed by atoms with E-state index in [0.717, 1.165) is 6.42 Å². The zero-order valence-electron chi connectivity index (χ0n) is 15.3. The average molecular weight is 385 g/mol. The fourth-order valence-electron chi connectivity index (χ4n) is 3.64. The molecule has 140 valence electrons. The number of hydrogen-bond donors (Lipinski definition) is 0. The number of hydrogen-bond acceptors (Lipinski definition) is 0. The second-order valence-corrected chi connectivity index (χ2v) is 7.68. The lowest BCUT2D eigenvalue weighted by atomic mass is 9.79. The van der Waals surface area contributed by atoms with E-state index < -0.39 is 11.6 Å². The summed E-state index contributed by atoms with van der Waals surface area (Å²) >= 11 is 5.82. The quantitative estimate of drug-likeness (QED) is 0.395. The molecule has 0 nitrogen and oxygen atoms in total. The summed E-state index contributed by atoms with van der Waals surface area (Å²) in [6, 6.07) is 9.68. The van der Waals surface area contributed by atoms with Gasteiger partial charge in [-0.2, -0.15) is 0 Å². The summed E-state index contributed by atoms with van der Waals surface area (Å²) in [6.07, 6.45) is 8.41. The Balaban J connectivity index is 1.65. The predicted octanol–water partition coefficient (Wildman–Crippen LogP) is 6.94. The second kappa shape index (κ2) is 9.20. The molecule has 0 unspecified atom stereocenters. The van der Waals surface area contributed by atoms with Crippen LogP contribution in [0.4, 0.5) is 8.78 Å². The molecule has 3 rings (SSSR count). The van der Waals surface area contributed by atoms with Gasteiger partial charge in [0.2, 0.25) is 0 Å². The minimum absolute atomic E-state index is 0.180. The third kappa shape index (κ3) is 5.44. The maximum atomic E-state index is 14.4. The first kappa shape index (κ1) is 19.6. The molecule has 1 aliphatic carbocycles. The smallest absolute Gasteiger partial charge is 0.142 e.